The molecular formula is C8H13F2NO2. The van der Waals surface area contributed by atoms with E-state index in [-0.39, 0.29) is 0 Å². The van der Waals surface area contributed by atoms with E-state index < -0.39 is 17.9 Å². The standard InChI is InChI=1S/C8H13F2NO2/c1-8(2-4-13-5-3-8)11-7(12)6(9)10/h6H,2-5H2,1H3,(H,11,12). The minimum atomic E-state index is -2.93. The summed E-state index contributed by atoms with van der Waals surface area (Å²) in [4.78, 5) is 10.7. The maximum Gasteiger partial charge on any atom is 0.315 e. The lowest BCUT2D eigenvalue weighted by atomic mass is 9.92. The molecule has 5 heteroatoms. The van der Waals surface area contributed by atoms with Crippen molar-refractivity contribution in [3.8, 4) is 0 Å². The Morgan fingerprint density at radius 2 is 2.00 bits per heavy atom. The van der Waals surface area contributed by atoms with Crippen LogP contribution in [0.5, 0.6) is 0 Å². The summed E-state index contributed by atoms with van der Waals surface area (Å²) in [6, 6.07) is 0. The summed E-state index contributed by atoms with van der Waals surface area (Å²) in [5.74, 6) is -1.19. The quantitative estimate of drug-likeness (QED) is 0.708. The van der Waals surface area contributed by atoms with Crippen LogP contribution in [0.4, 0.5) is 8.78 Å². The Balaban J connectivity index is 2.45. The summed E-state index contributed by atoms with van der Waals surface area (Å²) in [7, 11) is 0. The Labute approximate surface area is 75.4 Å². The van der Waals surface area contributed by atoms with Gasteiger partial charge < -0.3 is 10.1 Å². The van der Waals surface area contributed by atoms with Crippen molar-refractivity contribution >= 4 is 5.91 Å². The van der Waals surface area contributed by atoms with Crippen LogP contribution in [0.3, 0.4) is 0 Å². The van der Waals surface area contributed by atoms with Gasteiger partial charge in [-0.15, -0.1) is 0 Å². The Hall–Kier alpha value is -0.710. The van der Waals surface area contributed by atoms with Crippen molar-refractivity contribution in [3.63, 3.8) is 0 Å². The minimum absolute atomic E-state index is 0.514. The molecule has 0 bridgehead atoms. The first-order valence-electron chi connectivity index (χ1n) is 4.21. The molecular weight excluding hydrogens is 180 g/mol. The summed E-state index contributed by atoms with van der Waals surface area (Å²) in [5.41, 5.74) is -0.522. The normalized spacial score (nSPS) is 21.5. The van der Waals surface area contributed by atoms with Gasteiger partial charge in [-0.3, -0.25) is 4.79 Å². The molecule has 0 atom stereocenters. The molecule has 0 radical (unpaired) electrons. The van der Waals surface area contributed by atoms with Crippen molar-refractivity contribution < 1.29 is 18.3 Å². The van der Waals surface area contributed by atoms with E-state index in [1.807, 2.05) is 0 Å². The highest BCUT2D eigenvalue weighted by atomic mass is 19.3. The molecule has 76 valence electrons. The number of hydrogen-bond donors (Lipinski definition) is 1. The monoisotopic (exact) mass is 193 g/mol. The van der Waals surface area contributed by atoms with Gasteiger partial charge in [0.2, 0.25) is 0 Å². The van der Waals surface area contributed by atoms with Crippen molar-refractivity contribution in [2.24, 2.45) is 0 Å². The van der Waals surface area contributed by atoms with E-state index in [1.54, 1.807) is 6.92 Å². The topological polar surface area (TPSA) is 38.3 Å². The summed E-state index contributed by atoms with van der Waals surface area (Å²) in [5, 5.41) is 2.33. The fourth-order valence-electron chi connectivity index (χ4n) is 1.30. The fraction of sp³-hybridized carbons (Fsp3) is 0.875. The lowest BCUT2D eigenvalue weighted by Gasteiger charge is -2.34. The molecule has 1 aliphatic heterocycles. The predicted molar refractivity (Wildman–Crippen MR) is 42.6 cm³/mol. The van der Waals surface area contributed by atoms with Crippen molar-refractivity contribution in [1.29, 1.82) is 0 Å². The van der Waals surface area contributed by atoms with Crippen LogP contribution in [0.15, 0.2) is 0 Å². The molecule has 0 unspecified atom stereocenters. The zero-order valence-corrected chi connectivity index (χ0v) is 7.48. The number of ether oxygens (including phenoxy) is 1. The first kappa shape index (κ1) is 10.4. The van der Waals surface area contributed by atoms with Gasteiger partial charge in [-0.2, -0.15) is 8.78 Å². The van der Waals surface area contributed by atoms with Gasteiger partial charge >= 0.3 is 6.43 Å². The number of carbonyl (C=O) groups is 1. The molecule has 13 heavy (non-hydrogen) atoms. The Morgan fingerprint density at radius 1 is 1.46 bits per heavy atom. The second kappa shape index (κ2) is 4.00. The number of rotatable bonds is 2. The second-order valence-electron chi connectivity index (χ2n) is 3.46. The van der Waals surface area contributed by atoms with Gasteiger partial charge in [-0.25, -0.2) is 0 Å². The summed E-state index contributed by atoms with van der Waals surface area (Å²) in [6.07, 6.45) is -1.75. The lowest BCUT2D eigenvalue weighted by molar-refractivity contribution is -0.134. The van der Waals surface area contributed by atoms with E-state index >= 15 is 0 Å². The molecule has 1 heterocycles. The zero-order valence-electron chi connectivity index (χ0n) is 7.48. The number of halogens is 2. The van der Waals surface area contributed by atoms with Gasteiger partial charge in [0.1, 0.15) is 0 Å². The van der Waals surface area contributed by atoms with Crippen molar-refractivity contribution in [1.82, 2.24) is 5.32 Å². The number of carbonyl (C=O) groups excluding carboxylic acids is 1. The minimum Gasteiger partial charge on any atom is -0.381 e. The highest BCUT2D eigenvalue weighted by Gasteiger charge is 2.31. The van der Waals surface area contributed by atoms with E-state index in [0.29, 0.717) is 26.1 Å². The van der Waals surface area contributed by atoms with Gasteiger partial charge in [0.05, 0.1) is 0 Å². The summed E-state index contributed by atoms with van der Waals surface area (Å²) < 4.78 is 28.9. The van der Waals surface area contributed by atoms with Crippen LogP contribution >= 0.6 is 0 Å². The van der Waals surface area contributed by atoms with Crippen molar-refractivity contribution in [3.05, 3.63) is 0 Å². The van der Waals surface area contributed by atoms with Crippen LogP contribution in [0, 0.1) is 0 Å². The molecule has 1 fully saturated rings. The maximum atomic E-state index is 11.9. The molecule has 0 aromatic rings. The number of alkyl halides is 2. The van der Waals surface area contributed by atoms with E-state index in [2.05, 4.69) is 5.32 Å². The van der Waals surface area contributed by atoms with Crippen LogP contribution in [0.25, 0.3) is 0 Å². The van der Waals surface area contributed by atoms with Gasteiger partial charge in [0.15, 0.2) is 0 Å². The maximum absolute atomic E-state index is 11.9. The van der Waals surface area contributed by atoms with Crippen LogP contribution < -0.4 is 5.32 Å². The highest BCUT2D eigenvalue weighted by molar-refractivity contribution is 5.79. The molecule has 0 aromatic carbocycles. The van der Waals surface area contributed by atoms with E-state index in [4.69, 9.17) is 4.74 Å². The SMILES string of the molecule is CC1(NC(=O)C(F)F)CCOCC1. The molecule has 1 rings (SSSR count). The van der Waals surface area contributed by atoms with Crippen LogP contribution in [-0.2, 0) is 9.53 Å². The molecule has 0 spiro atoms. The fourth-order valence-corrected chi connectivity index (χ4v) is 1.30. The first-order chi connectivity index (χ1) is 6.03. The smallest absolute Gasteiger partial charge is 0.315 e. The third kappa shape index (κ3) is 2.91. The molecule has 0 saturated carbocycles. The molecule has 1 aliphatic rings. The van der Waals surface area contributed by atoms with Crippen LogP contribution in [0.2, 0.25) is 0 Å². The first-order valence-corrected chi connectivity index (χ1v) is 4.21. The molecule has 3 nitrogen and oxygen atoms in total. The molecule has 1 N–H and O–H groups in total. The number of hydrogen-bond acceptors (Lipinski definition) is 2. The summed E-state index contributed by atoms with van der Waals surface area (Å²) in [6.45, 7) is 2.79. The van der Waals surface area contributed by atoms with Crippen LogP contribution in [0.1, 0.15) is 19.8 Å². The van der Waals surface area contributed by atoms with Crippen LogP contribution in [-0.4, -0.2) is 31.1 Å². The van der Waals surface area contributed by atoms with Crippen molar-refractivity contribution in [2.75, 3.05) is 13.2 Å². The number of amides is 1. The van der Waals surface area contributed by atoms with E-state index in [0.717, 1.165) is 0 Å². The van der Waals surface area contributed by atoms with E-state index in [1.165, 1.54) is 0 Å². The largest absolute Gasteiger partial charge is 0.381 e. The number of nitrogens with one attached hydrogen (secondary N) is 1. The highest BCUT2D eigenvalue weighted by Crippen LogP contribution is 2.19. The lowest BCUT2D eigenvalue weighted by Crippen LogP contribution is -2.51. The third-order valence-corrected chi connectivity index (χ3v) is 2.22. The average molecular weight is 193 g/mol. The van der Waals surface area contributed by atoms with Gasteiger partial charge in [0.25, 0.3) is 5.91 Å². The molecule has 1 saturated heterocycles. The average Bonchev–Trinajstić information content (AvgIpc) is 2.04. The Morgan fingerprint density at radius 3 is 2.46 bits per heavy atom. The molecule has 0 aromatic heterocycles. The zero-order chi connectivity index (χ0) is 9.90. The molecule has 1 amide bonds. The third-order valence-electron chi connectivity index (χ3n) is 2.22. The Bertz CT molecular complexity index is 191. The van der Waals surface area contributed by atoms with E-state index in [9.17, 15) is 13.6 Å². The predicted octanol–water partition coefficient (Wildman–Crippen LogP) is 0.937. The second-order valence-corrected chi connectivity index (χ2v) is 3.46. The van der Waals surface area contributed by atoms with Gasteiger partial charge in [0, 0.05) is 18.8 Å². The molecule has 0 aliphatic carbocycles. The Kier molecular flexibility index (Phi) is 3.19. The van der Waals surface area contributed by atoms with Gasteiger partial charge in [-0.1, -0.05) is 0 Å². The van der Waals surface area contributed by atoms with Crippen molar-refractivity contribution in [2.45, 2.75) is 31.7 Å². The van der Waals surface area contributed by atoms with Gasteiger partial charge in [-0.05, 0) is 19.8 Å². The summed E-state index contributed by atoms with van der Waals surface area (Å²) >= 11 is 0.